The first-order valence-electron chi connectivity index (χ1n) is 5.84. The Morgan fingerprint density at radius 2 is 1.78 bits per heavy atom. The van der Waals surface area contributed by atoms with Crippen molar-refractivity contribution in [2.75, 3.05) is 6.26 Å². The Bertz CT molecular complexity index is 527. The van der Waals surface area contributed by atoms with Gasteiger partial charge in [-0.3, -0.25) is 0 Å². The van der Waals surface area contributed by atoms with Crippen LogP contribution in [-0.4, -0.2) is 6.26 Å². The van der Waals surface area contributed by atoms with Gasteiger partial charge in [0.05, 0.1) is 0 Å². The molecule has 0 saturated heterocycles. The van der Waals surface area contributed by atoms with E-state index in [0.29, 0.717) is 0 Å². The summed E-state index contributed by atoms with van der Waals surface area (Å²) >= 11 is 7.89. The van der Waals surface area contributed by atoms with E-state index in [-0.39, 0.29) is 6.04 Å². The zero-order chi connectivity index (χ0) is 13.0. The lowest BCUT2D eigenvalue weighted by molar-refractivity contribution is 0.708. The first-order valence-corrected chi connectivity index (χ1v) is 7.44. The van der Waals surface area contributed by atoms with Crippen molar-refractivity contribution < 1.29 is 0 Å². The summed E-state index contributed by atoms with van der Waals surface area (Å²) in [6.45, 7) is 0. The van der Waals surface area contributed by atoms with Gasteiger partial charge in [-0.25, -0.2) is 0 Å². The summed E-state index contributed by atoms with van der Waals surface area (Å²) in [5.74, 6) is 0. The Morgan fingerprint density at radius 1 is 1.11 bits per heavy atom. The van der Waals surface area contributed by atoms with Crippen LogP contribution in [0, 0.1) is 0 Å². The Kier molecular flexibility index (Phi) is 4.70. The molecule has 0 heterocycles. The van der Waals surface area contributed by atoms with Crippen molar-refractivity contribution in [3.63, 3.8) is 0 Å². The minimum atomic E-state index is -0.0199. The van der Waals surface area contributed by atoms with Gasteiger partial charge in [0.2, 0.25) is 0 Å². The molecule has 1 nitrogen and oxygen atoms in total. The summed E-state index contributed by atoms with van der Waals surface area (Å²) in [5, 5.41) is 0.787. The van der Waals surface area contributed by atoms with Crippen LogP contribution in [0.5, 0.6) is 0 Å². The maximum atomic E-state index is 6.30. The molecule has 1 unspecified atom stereocenters. The second-order valence-corrected chi connectivity index (χ2v) is 5.40. The van der Waals surface area contributed by atoms with Crippen LogP contribution < -0.4 is 5.73 Å². The van der Waals surface area contributed by atoms with Gasteiger partial charge in [0.15, 0.2) is 0 Å². The molecule has 1 atom stereocenters. The molecule has 0 saturated carbocycles. The molecule has 2 aromatic rings. The first kappa shape index (κ1) is 13.5. The molecule has 0 aliphatic carbocycles. The summed E-state index contributed by atoms with van der Waals surface area (Å²) in [5.41, 5.74) is 8.59. The van der Waals surface area contributed by atoms with Crippen LogP contribution in [0.2, 0.25) is 5.02 Å². The van der Waals surface area contributed by atoms with Crippen molar-refractivity contribution in [1.82, 2.24) is 0 Å². The summed E-state index contributed by atoms with van der Waals surface area (Å²) in [7, 11) is 0. The smallest absolute Gasteiger partial charge is 0.0438 e. The van der Waals surface area contributed by atoms with Crippen LogP contribution in [0.3, 0.4) is 0 Å². The number of rotatable bonds is 4. The first-order chi connectivity index (χ1) is 8.72. The fourth-order valence-electron chi connectivity index (χ4n) is 1.98. The monoisotopic (exact) mass is 277 g/mol. The third-order valence-corrected chi connectivity index (χ3v) is 4.12. The Morgan fingerprint density at radius 3 is 2.50 bits per heavy atom. The molecule has 3 heteroatoms. The predicted molar refractivity (Wildman–Crippen MR) is 80.3 cm³/mol. The Labute approximate surface area is 117 Å². The number of benzene rings is 2. The zero-order valence-corrected chi connectivity index (χ0v) is 11.8. The van der Waals surface area contributed by atoms with E-state index in [4.69, 9.17) is 17.3 Å². The van der Waals surface area contributed by atoms with Gasteiger partial charge in [0, 0.05) is 16.0 Å². The summed E-state index contributed by atoms with van der Waals surface area (Å²) in [6.07, 6.45) is 2.83. The standard InChI is InChI=1S/C15H16ClNS/c1-18-15-9-5-3-7-12(15)14(17)10-11-6-2-4-8-13(11)16/h2-9,14H,10,17H2,1H3. The third kappa shape index (κ3) is 3.08. The van der Waals surface area contributed by atoms with Gasteiger partial charge in [0.1, 0.15) is 0 Å². The maximum Gasteiger partial charge on any atom is 0.0438 e. The quantitative estimate of drug-likeness (QED) is 0.843. The molecule has 0 aromatic heterocycles. The molecular weight excluding hydrogens is 262 g/mol. The second kappa shape index (κ2) is 6.28. The van der Waals surface area contributed by atoms with E-state index in [9.17, 15) is 0 Å². The topological polar surface area (TPSA) is 26.0 Å². The largest absolute Gasteiger partial charge is 0.324 e. The summed E-state index contributed by atoms with van der Waals surface area (Å²) < 4.78 is 0. The van der Waals surface area contributed by atoms with Crippen LogP contribution in [0.15, 0.2) is 53.4 Å². The van der Waals surface area contributed by atoms with Crippen molar-refractivity contribution in [2.45, 2.75) is 17.4 Å². The number of hydrogen-bond donors (Lipinski definition) is 1. The van der Waals surface area contributed by atoms with Crippen molar-refractivity contribution in [1.29, 1.82) is 0 Å². The SMILES string of the molecule is CSc1ccccc1C(N)Cc1ccccc1Cl. The maximum absolute atomic E-state index is 6.30. The molecule has 0 bridgehead atoms. The molecule has 0 radical (unpaired) electrons. The molecule has 0 spiro atoms. The van der Waals surface area contributed by atoms with Crippen LogP contribution in [0.25, 0.3) is 0 Å². The normalized spacial score (nSPS) is 12.4. The lowest BCUT2D eigenvalue weighted by Crippen LogP contribution is -2.14. The highest BCUT2D eigenvalue weighted by atomic mass is 35.5. The van der Waals surface area contributed by atoms with Crippen molar-refractivity contribution in [3.05, 3.63) is 64.7 Å². The van der Waals surface area contributed by atoms with E-state index in [2.05, 4.69) is 18.4 Å². The highest BCUT2D eigenvalue weighted by Crippen LogP contribution is 2.28. The lowest BCUT2D eigenvalue weighted by Gasteiger charge is -2.16. The van der Waals surface area contributed by atoms with Crippen LogP contribution >= 0.6 is 23.4 Å². The molecule has 0 fully saturated rings. The van der Waals surface area contributed by atoms with E-state index in [1.54, 1.807) is 11.8 Å². The predicted octanol–water partition coefficient (Wildman–Crippen LogP) is 4.30. The van der Waals surface area contributed by atoms with E-state index in [0.717, 1.165) is 17.0 Å². The van der Waals surface area contributed by atoms with Crippen molar-refractivity contribution in [3.8, 4) is 0 Å². The second-order valence-electron chi connectivity index (χ2n) is 4.14. The van der Waals surface area contributed by atoms with E-state index < -0.39 is 0 Å². The van der Waals surface area contributed by atoms with Gasteiger partial charge in [-0.2, -0.15) is 0 Å². The van der Waals surface area contributed by atoms with Crippen LogP contribution in [0.4, 0.5) is 0 Å². The van der Waals surface area contributed by atoms with Gasteiger partial charge in [-0.1, -0.05) is 48.0 Å². The zero-order valence-electron chi connectivity index (χ0n) is 10.3. The molecular formula is C15H16ClNS. The minimum absolute atomic E-state index is 0.0199. The molecule has 0 aliphatic heterocycles. The number of thioether (sulfide) groups is 1. The minimum Gasteiger partial charge on any atom is -0.324 e. The van der Waals surface area contributed by atoms with Crippen LogP contribution in [0.1, 0.15) is 17.2 Å². The Balaban J connectivity index is 2.22. The summed E-state index contributed by atoms with van der Waals surface area (Å²) in [4.78, 5) is 1.23. The molecule has 0 amide bonds. The average Bonchev–Trinajstić information content (AvgIpc) is 2.41. The van der Waals surface area contributed by atoms with Crippen molar-refractivity contribution >= 4 is 23.4 Å². The van der Waals surface area contributed by atoms with Gasteiger partial charge in [-0.05, 0) is 35.9 Å². The Hall–Kier alpha value is -0.960. The van der Waals surface area contributed by atoms with E-state index >= 15 is 0 Å². The number of halogens is 1. The summed E-state index contributed by atoms with van der Waals surface area (Å²) in [6, 6.07) is 16.1. The lowest BCUT2D eigenvalue weighted by atomic mass is 10.00. The highest BCUT2D eigenvalue weighted by molar-refractivity contribution is 7.98. The van der Waals surface area contributed by atoms with E-state index in [1.165, 1.54) is 10.5 Å². The number of nitrogens with two attached hydrogens (primary N) is 1. The fraction of sp³-hybridized carbons (Fsp3) is 0.200. The van der Waals surface area contributed by atoms with Gasteiger partial charge >= 0.3 is 0 Å². The third-order valence-electron chi connectivity index (χ3n) is 2.94. The fourth-order valence-corrected chi connectivity index (χ4v) is 2.87. The number of hydrogen-bond acceptors (Lipinski definition) is 2. The molecule has 2 N–H and O–H groups in total. The van der Waals surface area contributed by atoms with Gasteiger partial charge in [0.25, 0.3) is 0 Å². The molecule has 94 valence electrons. The molecule has 18 heavy (non-hydrogen) atoms. The van der Waals surface area contributed by atoms with Gasteiger partial charge in [-0.15, -0.1) is 11.8 Å². The highest BCUT2D eigenvalue weighted by Gasteiger charge is 2.12. The molecule has 2 rings (SSSR count). The van der Waals surface area contributed by atoms with Crippen LogP contribution in [-0.2, 0) is 6.42 Å². The van der Waals surface area contributed by atoms with E-state index in [1.807, 2.05) is 36.4 Å². The molecule has 2 aromatic carbocycles. The van der Waals surface area contributed by atoms with Crippen molar-refractivity contribution in [2.24, 2.45) is 5.73 Å². The van der Waals surface area contributed by atoms with Gasteiger partial charge < -0.3 is 5.73 Å². The molecule has 0 aliphatic rings. The average molecular weight is 278 g/mol.